The van der Waals surface area contributed by atoms with E-state index in [0.29, 0.717) is 48.6 Å². The Balaban J connectivity index is 1.88. The van der Waals surface area contributed by atoms with Gasteiger partial charge in [0.15, 0.2) is 5.43 Å². The van der Waals surface area contributed by atoms with E-state index in [2.05, 4.69) is 4.74 Å². The van der Waals surface area contributed by atoms with Crippen molar-refractivity contribution in [3.63, 3.8) is 0 Å². The van der Waals surface area contributed by atoms with Gasteiger partial charge in [0.25, 0.3) is 0 Å². The Morgan fingerprint density at radius 1 is 1.05 bits per heavy atom. The van der Waals surface area contributed by atoms with Gasteiger partial charge >= 0.3 is 12.3 Å². The first-order chi connectivity index (χ1) is 18.3. The Morgan fingerprint density at radius 2 is 1.74 bits per heavy atom. The second-order valence-corrected chi connectivity index (χ2v) is 10.5. The number of ether oxygens (including phenoxy) is 3. The zero-order chi connectivity index (χ0) is 28.5. The molecule has 4 rings (SSSR count). The van der Waals surface area contributed by atoms with E-state index in [9.17, 15) is 27.9 Å². The Labute approximate surface area is 223 Å². The van der Waals surface area contributed by atoms with Crippen LogP contribution in [0.5, 0.6) is 11.5 Å². The van der Waals surface area contributed by atoms with Crippen molar-refractivity contribution < 1.29 is 37.3 Å². The fourth-order valence-electron chi connectivity index (χ4n) is 4.81. The smallest absolute Gasteiger partial charge is 0.493 e. The van der Waals surface area contributed by atoms with Crippen LogP contribution in [0.3, 0.4) is 0 Å². The monoisotopic (exact) mass is 545 g/mol. The molecule has 1 aliphatic rings. The minimum absolute atomic E-state index is 0.148. The summed E-state index contributed by atoms with van der Waals surface area (Å²) in [6.45, 7) is 7.00. The van der Waals surface area contributed by atoms with Crippen LogP contribution in [0.25, 0.3) is 22.4 Å². The number of aromatic nitrogens is 1. The molecule has 0 saturated heterocycles. The molecule has 208 valence electrons. The van der Waals surface area contributed by atoms with E-state index in [0.717, 1.165) is 11.1 Å². The van der Waals surface area contributed by atoms with Gasteiger partial charge in [-0.15, -0.1) is 13.2 Å². The molecule has 0 fully saturated rings. The molecule has 1 atom stereocenters. The van der Waals surface area contributed by atoms with Gasteiger partial charge in [0.05, 0.1) is 12.3 Å². The minimum Gasteiger partial charge on any atom is -0.493 e. The number of carboxylic acids is 1. The van der Waals surface area contributed by atoms with E-state index in [4.69, 9.17) is 9.47 Å². The van der Waals surface area contributed by atoms with Gasteiger partial charge in [-0.25, -0.2) is 4.79 Å². The summed E-state index contributed by atoms with van der Waals surface area (Å²) in [4.78, 5) is 24.5. The zero-order valence-corrected chi connectivity index (χ0v) is 22.1. The number of hydrogen-bond donors (Lipinski definition) is 1. The van der Waals surface area contributed by atoms with Crippen LogP contribution in [0.1, 0.15) is 49.2 Å². The Kier molecular flexibility index (Phi) is 7.79. The molecule has 2 aromatic carbocycles. The van der Waals surface area contributed by atoms with E-state index in [1.54, 1.807) is 7.11 Å². The molecule has 2 heterocycles. The lowest BCUT2D eigenvalue weighted by atomic mass is 9.78. The van der Waals surface area contributed by atoms with Crippen molar-refractivity contribution in [1.29, 1.82) is 0 Å². The van der Waals surface area contributed by atoms with Gasteiger partial charge in [-0.1, -0.05) is 32.9 Å². The van der Waals surface area contributed by atoms with Gasteiger partial charge < -0.3 is 23.9 Å². The lowest BCUT2D eigenvalue weighted by molar-refractivity contribution is -0.274. The van der Waals surface area contributed by atoms with Crippen molar-refractivity contribution in [2.24, 2.45) is 5.41 Å². The number of alkyl halides is 3. The van der Waals surface area contributed by atoms with Gasteiger partial charge in [0.1, 0.15) is 17.1 Å². The third-order valence-electron chi connectivity index (χ3n) is 6.69. The molecule has 39 heavy (non-hydrogen) atoms. The fourth-order valence-corrected chi connectivity index (χ4v) is 4.81. The van der Waals surface area contributed by atoms with Crippen molar-refractivity contribution in [3.05, 3.63) is 70.0 Å². The predicted molar refractivity (Wildman–Crippen MR) is 139 cm³/mol. The van der Waals surface area contributed by atoms with E-state index in [1.165, 1.54) is 36.5 Å². The van der Waals surface area contributed by atoms with Crippen molar-refractivity contribution in [1.82, 2.24) is 4.57 Å². The molecular weight excluding hydrogens is 515 g/mol. The van der Waals surface area contributed by atoms with Crippen LogP contribution in [0.15, 0.2) is 53.5 Å². The highest BCUT2D eigenvalue weighted by atomic mass is 19.4. The number of nitrogens with zero attached hydrogens (tertiary/aromatic N) is 1. The number of halogens is 3. The number of hydrogen-bond acceptors (Lipinski definition) is 5. The lowest BCUT2D eigenvalue weighted by Crippen LogP contribution is -2.32. The van der Waals surface area contributed by atoms with Crippen molar-refractivity contribution >= 4 is 5.97 Å². The Morgan fingerprint density at radius 3 is 2.33 bits per heavy atom. The Bertz CT molecular complexity index is 1420. The predicted octanol–water partition coefficient (Wildman–Crippen LogP) is 6.34. The summed E-state index contributed by atoms with van der Waals surface area (Å²) in [6.07, 6.45) is -2.22. The van der Waals surface area contributed by atoms with Gasteiger partial charge in [-0.2, -0.15) is 0 Å². The summed E-state index contributed by atoms with van der Waals surface area (Å²) in [6, 6.07) is 10.4. The van der Waals surface area contributed by atoms with Crippen LogP contribution in [0.4, 0.5) is 13.2 Å². The molecule has 0 saturated carbocycles. The molecule has 7 nitrogen and oxygen atoms in total. The van der Waals surface area contributed by atoms with Crippen LogP contribution >= 0.6 is 0 Å². The molecule has 0 bridgehead atoms. The first kappa shape index (κ1) is 28.2. The molecule has 1 N–H and O–H groups in total. The number of carboxylic acid groups (broad SMARTS) is 1. The van der Waals surface area contributed by atoms with Crippen LogP contribution in [0, 0.1) is 5.41 Å². The Hall–Kier alpha value is -3.79. The van der Waals surface area contributed by atoms with E-state index >= 15 is 0 Å². The van der Waals surface area contributed by atoms with Crippen LogP contribution in [0.2, 0.25) is 0 Å². The summed E-state index contributed by atoms with van der Waals surface area (Å²) in [7, 11) is 1.59. The standard InChI is InChI=1S/C29H30F3NO6/c1-28(2,3)26-13-18-12-25(38-11-5-10-37-4)21(17-6-8-19(9-7-17)39-29(30,31)32)14-20(18)23-15-24(34)22(27(35)36)16-33(23)26/h6-9,12,14-16,26H,5,10-11,13H2,1-4H3,(H,35,36)/t26-/m0/s1. The summed E-state index contributed by atoms with van der Waals surface area (Å²) < 4.78 is 55.1. The molecule has 0 aliphatic carbocycles. The van der Waals surface area contributed by atoms with Crippen LogP contribution in [-0.4, -0.2) is 42.3 Å². The van der Waals surface area contributed by atoms with E-state index < -0.39 is 17.8 Å². The average Bonchev–Trinajstić information content (AvgIpc) is 2.84. The first-order valence-electron chi connectivity index (χ1n) is 12.4. The number of benzene rings is 2. The van der Waals surface area contributed by atoms with Crippen LogP contribution in [-0.2, 0) is 11.2 Å². The topological polar surface area (TPSA) is 87.0 Å². The molecule has 1 aromatic heterocycles. The van der Waals surface area contributed by atoms with Crippen molar-refractivity contribution in [3.8, 4) is 33.9 Å². The zero-order valence-electron chi connectivity index (χ0n) is 22.1. The largest absolute Gasteiger partial charge is 0.573 e. The highest BCUT2D eigenvalue weighted by Crippen LogP contribution is 2.46. The molecule has 1 aliphatic heterocycles. The lowest BCUT2D eigenvalue weighted by Gasteiger charge is -2.39. The molecule has 10 heteroatoms. The number of carbonyl (C=O) groups is 1. The highest BCUT2D eigenvalue weighted by Gasteiger charge is 2.34. The number of rotatable bonds is 8. The highest BCUT2D eigenvalue weighted by molar-refractivity contribution is 5.88. The maximum Gasteiger partial charge on any atom is 0.573 e. The summed E-state index contributed by atoms with van der Waals surface area (Å²) >= 11 is 0. The summed E-state index contributed by atoms with van der Waals surface area (Å²) in [5.74, 6) is -1.10. The normalized spacial score (nSPS) is 14.9. The molecular formula is C29H30F3NO6. The van der Waals surface area contributed by atoms with Gasteiger partial charge in [0, 0.05) is 49.6 Å². The molecule has 0 amide bonds. The second-order valence-electron chi connectivity index (χ2n) is 10.5. The van der Waals surface area contributed by atoms with Crippen molar-refractivity contribution in [2.45, 2.75) is 46.0 Å². The first-order valence-corrected chi connectivity index (χ1v) is 12.4. The summed E-state index contributed by atoms with van der Waals surface area (Å²) in [5.41, 5.74) is 2.21. The average molecular weight is 546 g/mol. The van der Waals surface area contributed by atoms with Crippen LogP contribution < -0.4 is 14.9 Å². The number of methoxy groups -OCH3 is 1. The third kappa shape index (κ3) is 6.27. The van der Waals surface area contributed by atoms with E-state index in [-0.39, 0.29) is 22.8 Å². The van der Waals surface area contributed by atoms with Crippen molar-refractivity contribution in [2.75, 3.05) is 20.3 Å². The molecule has 3 aromatic rings. The van der Waals surface area contributed by atoms with Gasteiger partial charge in [-0.3, -0.25) is 4.79 Å². The van der Waals surface area contributed by atoms with Gasteiger partial charge in [-0.05, 0) is 47.2 Å². The maximum absolute atomic E-state index is 12.7. The quantitative estimate of drug-likeness (QED) is 0.333. The third-order valence-corrected chi connectivity index (χ3v) is 6.69. The maximum atomic E-state index is 12.7. The summed E-state index contributed by atoms with van der Waals surface area (Å²) in [5, 5.41) is 9.57. The van der Waals surface area contributed by atoms with Gasteiger partial charge in [0.2, 0.25) is 0 Å². The number of aromatic carboxylic acids is 1. The number of pyridine rings is 1. The fraction of sp³-hybridized carbons (Fsp3) is 0.379. The molecule has 0 radical (unpaired) electrons. The van der Waals surface area contributed by atoms with E-state index in [1.807, 2.05) is 37.5 Å². The SMILES string of the molecule is COCCCOc1cc2c(cc1-c1ccc(OC(F)(F)F)cc1)-c1cc(=O)c(C(=O)O)cn1[C@H](C(C)(C)C)C2. The second kappa shape index (κ2) is 10.8. The molecule has 0 spiro atoms. The molecule has 0 unspecified atom stereocenters. The number of fused-ring (bicyclic) bond motifs is 3. The minimum atomic E-state index is -4.81.